The highest BCUT2D eigenvalue weighted by Crippen LogP contribution is 2.44. The topological polar surface area (TPSA) is 35.5 Å². The molecular formula is C17H21ClO3. The van der Waals surface area contributed by atoms with Gasteiger partial charge < -0.3 is 9.47 Å². The normalized spacial score (nSPS) is 27.2. The van der Waals surface area contributed by atoms with Gasteiger partial charge >= 0.3 is 0 Å². The quantitative estimate of drug-likeness (QED) is 0.837. The summed E-state index contributed by atoms with van der Waals surface area (Å²) in [5.74, 6) is -0.202. The molecule has 1 spiro atoms. The molecule has 0 radical (unpaired) electrons. The van der Waals surface area contributed by atoms with E-state index in [1.165, 1.54) is 0 Å². The van der Waals surface area contributed by atoms with Crippen molar-refractivity contribution < 1.29 is 14.3 Å². The van der Waals surface area contributed by atoms with Crippen molar-refractivity contribution >= 4 is 17.4 Å². The highest BCUT2D eigenvalue weighted by molar-refractivity contribution is 6.30. The first-order chi connectivity index (χ1) is 9.90. The van der Waals surface area contributed by atoms with E-state index in [4.69, 9.17) is 21.1 Å². The van der Waals surface area contributed by atoms with Gasteiger partial charge in [-0.3, -0.25) is 4.79 Å². The van der Waals surface area contributed by atoms with Crippen LogP contribution in [0.2, 0.25) is 5.02 Å². The largest absolute Gasteiger partial charge is 0.349 e. The number of rotatable bonds is 2. The second-order valence-electron chi connectivity index (χ2n) is 6.69. The molecule has 1 aromatic rings. The molecule has 1 aromatic carbocycles. The van der Waals surface area contributed by atoms with Crippen LogP contribution in [-0.2, 0) is 20.7 Å². The van der Waals surface area contributed by atoms with Crippen LogP contribution in [0.15, 0.2) is 24.3 Å². The lowest BCUT2D eigenvalue weighted by atomic mass is 9.83. The molecule has 0 unspecified atom stereocenters. The minimum Gasteiger partial charge on any atom is -0.349 e. The Labute approximate surface area is 130 Å². The number of hydrogen-bond acceptors (Lipinski definition) is 3. The Morgan fingerprint density at radius 3 is 2.43 bits per heavy atom. The van der Waals surface area contributed by atoms with E-state index in [0.29, 0.717) is 19.0 Å². The Bertz CT molecular complexity index is 525. The van der Waals surface area contributed by atoms with Crippen molar-refractivity contribution in [3.63, 3.8) is 0 Å². The van der Waals surface area contributed by atoms with E-state index in [1.807, 2.05) is 38.1 Å². The number of ether oxygens (including phenoxy) is 2. The number of hydrogen-bond donors (Lipinski definition) is 0. The zero-order valence-corrected chi connectivity index (χ0v) is 13.3. The van der Waals surface area contributed by atoms with Crippen LogP contribution in [0.4, 0.5) is 0 Å². The summed E-state index contributed by atoms with van der Waals surface area (Å²) >= 11 is 5.90. The molecule has 114 valence electrons. The highest BCUT2D eigenvalue weighted by atomic mass is 35.5. The molecule has 3 rings (SSSR count). The van der Waals surface area contributed by atoms with Crippen LogP contribution in [0.1, 0.15) is 32.3 Å². The molecule has 0 bridgehead atoms. The molecule has 0 aromatic heterocycles. The first-order valence-corrected chi connectivity index (χ1v) is 7.85. The average molecular weight is 309 g/mol. The Balaban J connectivity index is 1.68. The van der Waals surface area contributed by atoms with Crippen molar-refractivity contribution in [2.45, 2.75) is 38.9 Å². The van der Waals surface area contributed by atoms with E-state index < -0.39 is 11.2 Å². The minimum absolute atomic E-state index is 0.0691. The lowest BCUT2D eigenvalue weighted by molar-refractivity contribution is -0.278. The number of carbonyl (C=O) groups excluding carboxylic acids is 1. The Kier molecular flexibility index (Phi) is 3.85. The number of Topliss-reactive ketones (excluding diaryl/α,β-unsaturated/α-hetero) is 1. The van der Waals surface area contributed by atoms with Gasteiger partial charge in [0.1, 0.15) is 5.78 Å². The maximum absolute atomic E-state index is 12.8. The molecule has 3 nitrogen and oxygen atoms in total. The summed E-state index contributed by atoms with van der Waals surface area (Å²) in [7, 11) is 0. The summed E-state index contributed by atoms with van der Waals surface area (Å²) in [4.78, 5) is 12.8. The van der Waals surface area contributed by atoms with Crippen molar-refractivity contribution in [3.8, 4) is 0 Å². The minimum atomic E-state index is -0.570. The van der Waals surface area contributed by atoms with Crippen molar-refractivity contribution in [1.82, 2.24) is 0 Å². The van der Waals surface area contributed by atoms with Crippen molar-refractivity contribution in [2.75, 3.05) is 13.2 Å². The smallest absolute Gasteiger partial charge is 0.162 e. The van der Waals surface area contributed by atoms with Gasteiger partial charge in [0.2, 0.25) is 0 Å². The summed E-state index contributed by atoms with van der Waals surface area (Å²) < 4.78 is 11.5. The van der Waals surface area contributed by atoms with E-state index in [-0.39, 0.29) is 5.92 Å². The van der Waals surface area contributed by atoms with Gasteiger partial charge in [-0.2, -0.15) is 0 Å². The van der Waals surface area contributed by atoms with Crippen LogP contribution in [0.5, 0.6) is 0 Å². The third-order valence-electron chi connectivity index (χ3n) is 4.65. The Morgan fingerprint density at radius 2 is 1.81 bits per heavy atom. The van der Waals surface area contributed by atoms with Gasteiger partial charge in [0.25, 0.3) is 0 Å². The third-order valence-corrected chi connectivity index (χ3v) is 4.90. The zero-order valence-electron chi connectivity index (χ0n) is 12.5. The van der Waals surface area contributed by atoms with E-state index >= 15 is 0 Å². The van der Waals surface area contributed by atoms with Crippen molar-refractivity contribution in [1.29, 1.82) is 0 Å². The van der Waals surface area contributed by atoms with Crippen molar-refractivity contribution in [3.05, 3.63) is 34.9 Å². The van der Waals surface area contributed by atoms with E-state index in [2.05, 4.69) is 0 Å². The maximum atomic E-state index is 12.8. The van der Waals surface area contributed by atoms with Gasteiger partial charge in [0, 0.05) is 10.9 Å². The molecule has 2 fully saturated rings. The van der Waals surface area contributed by atoms with Crippen LogP contribution in [0.25, 0.3) is 0 Å². The number of carbonyl (C=O) groups is 1. The highest BCUT2D eigenvalue weighted by Gasteiger charge is 2.51. The molecule has 2 aliphatic rings. The number of benzene rings is 1. The predicted molar refractivity (Wildman–Crippen MR) is 81.3 cm³/mol. The summed E-state index contributed by atoms with van der Waals surface area (Å²) in [5.41, 5.74) is 0.736. The summed E-state index contributed by atoms with van der Waals surface area (Å²) in [6.07, 6.45) is 2.55. The van der Waals surface area contributed by atoms with E-state index in [1.54, 1.807) is 0 Å². The monoisotopic (exact) mass is 308 g/mol. The second-order valence-corrected chi connectivity index (χ2v) is 7.12. The molecule has 1 saturated heterocycles. The molecule has 21 heavy (non-hydrogen) atoms. The second kappa shape index (κ2) is 5.38. The fourth-order valence-corrected chi connectivity index (χ4v) is 3.36. The molecule has 0 amide bonds. The summed E-state index contributed by atoms with van der Waals surface area (Å²) in [6.45, 7) is 4.75. The average Bonchev–Trinajstić information content (AvgIpc) is 2.75. The van der Waals surface area contributed by atoms with E-state index in [9.17, 15) is 4.79 Å². The number of halogens is 1. The lowest BCUT2D eigenvalue weighted by Gasteiger charge is -2.40. The molecule has 1 aliphatic heterocycles. The summed E-state index contributed by atoms with van der Waals surface area (Å²) in [6, 6.07) is 7.75. The van der Waals surface area contributed by atoms with Crippen molar-refractivity contribution in [2.24, 2.45) is 11.3 Å². The molecule has 1 saturated carbocycles. The Morgan fingerprint density at radius 1 is 1.19 bits per heavy atom. The molecule has 4 heteroatoms. The van der Waals surface area contributed by atoms with Gasteiger partial charge in [-0.05, 0) is 50.8 Å². The third kappa shape index (κ3) is 3.01. The number of ketones is 1. The molecule has 1 aliphatic carbocycles. The molecule has 1 heterocycles. The van der Waals surface area contributed by atoms with Crippen LogP contribution < -0.4 is 0 Å². The zero-order chi connectivity index (χ0) is 15.1. The molecule has 1 atom stereocenters. The fourth-order valence-electron chi connectivity index (χ4n) is 3.23. The lowest BCUT2D eigenvalue weighted by Crippen LogP contribution is -2.49. The van der Waals surface area contributed by atoms with Crippen LogP contribution in [-0.4, -0.2) is 24.8 Å². The van der Waals surface area contributed by atoms with Crippen LogP contribution >= 0.6 is 11.6 Å². The van der Waals surface area contributed by atoms with Gasteiger partial charge in [-0.25, -0.2) is 0 Å². The van der Waals surface area contributed by atoms with Gasteiger partial charge in [0.05, 0.1) is 18.6 Å². The van der Waals surface area contributed by atoms with Crippen LogP contribution in [0, 0.1) is 11.3 Å². The van der Waals surface area contributed by atoms with Crippen LogP contribution in [0.3, 0.4) is 0 Å². The van der Waals surface area contributed by atoms with Gasteiger partial charge in [-0.1, -0.05) is 23.7 Å². The van der Waals surface area contributed by atoms with Gasteiger partial charge in [-0.15, -0.1) is 0 Å². The SMILES string of the molecule is CC1(C)OCC2(CC[C@H](Cc3ccc(Cl)cc3)C2=O)CO1. The predicted octanol–water partition coefficient (Wildman–Crippen LogP) is 3.63. The summed E-state index contributed by atoms with van der Waals surface area (Å²) in [5, 5.41) is 0.726. The first kappa shape index (κ1) is 15.0. The molecular weight excluding hydrogens is 288 g/mol. The molecule has 0 N–H and O–H groups in total. The first-order valence-electron chi connectivity index (χ1n) is 7.47. The standard InChI is InChI=1S/C17H21ClO3/c1-16(2)20-10-17(11-21-16)8-7-13(15(17)19)9-12-3-5-14(18)6-4-12/h3-6,13H,7-11H2,1-2H3/t13-/m1/s1. The van der Waals surface area contributed by atoms with E-state index in [0.717, 1.165) is 29.8 Å². The fraction of sp³-hybridized carbons (Fsp3) is 0.588. The maximum Gasteiger partial charge on any atom is 0.162 e. The Hall–Kier alpha value is -0.900. The van der Waals surface area contributed by atoms with Gasteiger partial charge in [0.15, 0.2) is 5.79 Å².